The Morgan fingerprint density at radius 2 is 2.24 bits per heavy atom. The zero-order valence-corrected chi connectivity index (χ0v) is 12.9. The lowest BCUT2D eigenvalue weighted by atomic mass is 9.90. The van der Waals surface area contributed by atoms with E-state index in [0.717, 1.165) is 18.9 Å². The minimum absolute atomic E-state index is 0.349. The van der Waals surface area contributed by atoms with Crippen LogP contribution in [-0.4, -0.2) is 17.7 Å². The highest BCUT2D eigenvalue weighted by Gasteiger charge is 2.15. The van der Waals surface area contributed by atoms with Crippen LogP contribution in [0, 0.1) is 16.7 Å². The van der Waals surface area contributed by atoms with E-state index < -0.39 is 5.97 Å². The summed E-state index contributed by atoms with van der Waals surface area (Å²) >= 11 is 6.08. The number of benzene rings is 1. The van der Waals surface area contributed by atoms with Crippen molar-refractivity contribution < 1.29 is 14.6 Å². The predicted octanol–water partition coefficient (Wildman–Crippen LogP) is 4.15. The molecule has 1 N–H and O–H groups in total. The number of rotatable bonds is 7. The van der Waals surface area contributed by atoms with E-state index in [4.69, 9.17) is 26.7 Å². The maximum Gasteiger partial charge on any atom is 0.328 e. The molecule has 0 radical (unpaired) electrons. The molecule has 1 rings (SSSR count). The quantitative estimate of drug-likeness (QED) is 0.607. The average Bonchev–Trinajstić information content (AvgIpc) is 2.43. The summed E-state index contributed by atoms with van der Waals surface area (Å²) in [6, 6.07) is 7.34. The van der Waals surface area contributed by atoms with Crippen molar-refractivity contribution in [3.63, 3.8) is 0 Å². The Morgan fingerprint density at radius 3 is 2.81 bits per heavy atom. The van der Waals surface area contributed by atoms with Crippen LogP contribution >= 0.6 is 11.6 Å². The summed E-state index contributed by atoms with van der Waals surface area (Å²) in [6.07, 6.45) is 4.03. The maximum atomic E-state index is 10.4. The van der Waals surface area contributed by atoms with Gasteiger partial charge in [-0.05, 0) is 50.5 Å². The Labute approximate surface area is 129 Å². The summed E-state index contributed by atoms with van der Waals surface area (Å²) in [5.41, 5.74) is 0.346. The first-order valence-corrected chi connectivity index (χ1v) is 6.96. The van der Waals surface area contributed by atoms with Gasteiger partial charge in [0.15, 0.2) is 0 Å². The van der Waals surface area contributed by atoms with Gasteiger partial charge in [-0.1, -0.05) is 17.7 Å². The fourth-order valence-electron chi connectivity index (χ4n) is 1.66. The van der Waals surface area contributed by atoms with Crippen molar-refractivity contribution in [2.45, 2.75) is 26.7 Å². The van der Waals surface area contributed by atoms with Gasteiger partial charge >= 0.3 is 5.97 Å². The van der Waals surface area contributed by atoms with Crippen LogP contribution in [0.25, 0.3) is 6.08 Å². The van der Waals surface area contributed by atoms with Crippen LogP contribution in [0.4, 0.5) is 0 Å². The van der Waals surface area contributed by atoms with Crippen LogP contribution in [0.1, 0.15) is 32.3 Å². The molecular formula is C16H18ClNO3. The number of carbonyl (C=O) groups is 1. The molecule has 0 bridgehead atoms. The van der Waals surface area contributed by atoms with Crippen molar-refractivity contribution in [3.8, 4) is 11.8 Å². The van der Waals surface area contributed by atoms with Gasteiger partial charge in [-0.3, -0.25) is 0 Å². The van der Waals surface area contributed by atoms with Crippen LogP contribution in [0.2, 0.25) is 5.02 Å². The van der Waals surface area contributed by atoms with Crippen LogP contribution in [0.5, 0.6) is 5.75 Å². The predicted molar refractivity (Wildman–Crippen MR) is 82.2 cm³/mol. The number of hydrogen-bond acceptors (Lipinski definition) is 3. The smallest absolute Gasteiger partial charge is 0.328 e. The van der Waals surface area contributed by atoms with E-state index in [2.05, 4.69) is 6.07 Å². The molecule has 0 aliphatic heterocycles. The van der Waals surface area contributed by atoms with Crippen LogP contribution < -0.4 is 4.74 Å². The van der Waals surface area contributed by atoms with Gasteiger partial charge in [-0.15, -0.1) is 0 Å². The van der Waals surface area contributed by atoms with Gasteiger partial charge in [0.2, 0.25) is 0 Å². The van der Waals surface area contributed by atoms with E-state index in [9.17, 15) is 4.79 Å². The highest BCUT2D eigenvalue weighted by molar-refractivity contribution is 6.32. The lowest BCUT2D eigenvalue weighted by molar-refractivity contribution is -0.131. The van der Waals surface area contributed by atoms with E-state index in [1.807, 2.05) is 13.8 Å². The van der Waals surface area contributed by atoms with E-state index >= 15 is 0 Å². The zero-order valence-electron chi connectivity index (χ0n) is 12.1. The molecule has 1 aromatic rings. The molecule has 5 heteroatoms. The molecule has 0 atom stereocenters. The molecule has 0 unspecified atom stereocenters. The fraction of sp³-hybridized carbons (Fsp3) is 0.375. The molecule has 21 heavy (non-hydrogen) atoms. The molecule has 0 spiro atoms. The molecule has 112 valence electrons. The molecular weight excluding hydrogens is 290 g/mol. The van der Waals surface area contributed by atoms with Crippen molar-refractivity contribution in [2.24, 2.45) is 5.41 Å². The molecule has 1 aromatic carbocycles. The van der Waals surface area contributed by atoms with Crippen LogP contribution in [-0.2, 0) is 4.79 Å². The number of carboxylic acids is 1. The minimum atomic E-state index is -1.01. The van der Waals surface area contributed by atoms with E-state index in [1.165, 1.54) is 6.08 Å². The lowest BCUT2D eigenvalue weighted by Gasteiger charge is -2.15. The summed E-state index contributed by atoms with van der Waals surface area (Å²) in [5, 5.41) is 17.9. The number of halogens is 1. The van der Waals surface area contributed by atoms with Crippen molar-refractivity contribution in [2.75, 3.05) is 6.61 Å². The Morgan fingerprint density at radius 1 is 1.52 bits per heavy atom. The zero-order chi connectivity index (χ0) is 15.9. The van der Waals surface area contributed by atoms with Gasteiger partial charge in [-0.25, -0.2) is 4.79 Å². The van der Waals surface area contributed by atoms with Gasteiger partial charge in [0, 0.05) is 6.08 Å². The Bertz CT molecular complexity index is 573. The topological polar surface area (TPSA) is 70.3 Å². The first-order chi connectivity index (χ1) is 9.84. The van der Waals surface area contributed by atoms with Gasteiger partial charge < -0.3 is 9.84 Å². The van der Waals surface area contributed by atoms with Crippen molar-refractivity contribution >= 4 is 23.6 Å². The normalized spacial score (nSPS) is 11.3. The number of hydrogen-bond donors (Lipinski definition) is 1. The highest BCUT2D eigenvalue weighted by atomic mass is 35.5. The van der Waals surface area contributed by atoms with Gasteiger partial charge in [0.25, 0.3) is 0 Å². The molecule has 0 heterocycles. The molecule has 0 aliphatic rings. The van der Waals surface area contributed by atoms with Crippen LogP contribution in [0.15, 0.2) is 24.3 Å². The summed E-state index contributed by atoms with van der Waals surface area (Å²) < 4.78 is 5.58. The van der Waals surface area contributed by atoms with Crippen LogP contribution in [0.3, 0.4) is 0 Å². The SMILES string of the molecule is CC(C)(C#N)CCCOc1ccc(C=CC(=O)O)cc1Cl. The average molecular weight is 308 g/mol. The third-order valence-electron chi connectivity index (χ3n) is 2.88. The van der Waals surface area contributed by atoms with Crippen molar-refractivity contribution in [1.29, 1.82) is 5.26 Å². The second-order valence-corrected chi connectivity index (χ2v) is 5.72. The number of aliphatic carboxylic acids is 1. The summed E-state index contributed by atoms with van der Waals surface area (Å²) in [5.74, 6) is -0.453. The molecule has 0 aromatic heterocycles. The standard InChI is InChI=1S/C16H18ClNO3/c1-16(2,11-18)8-3-9-21-14-6-4-12(10-13(14)17)5-7-15(19)20/h4-7,10H,3,8-9H2,1-2H3,(H,19,20). The monoisotopic (exact) mass is 307 g/mol. The molecule has 0 aliphatic carbocycles. The molecule has 0 saturated heterocycles. The Kier molecular flexibility index (Phi) is 6.26. The van der Waals surface area contributed by atoms with E-state index in [1.54, 1.807) is 18.2 Å². The maximum absolute atomic E-state index is 10.4. The van der Waals surface area contributed by atoms with Gasteiger partial charge in [0.05, 0.1) is 23.1 Å². The number of nitriles is 1. The van der Waals surface area contributed by atoms with Gasteiger partial charge in [-0.2, -0.15) is 5.26 Å². The number of nitrogens with zero attached hydrogens (tertiary/aromatic N) is 1. The number of ether oxygens (including phenoxy) is 1. The Hall–Kier alpha value is -1.99. The number of carboxylic acid groups (broad SMARTS) is 1. The largest absolute Gasteiger partial charge is 0.492 e. The minimum Gasteiger partial charge on any atom is -0.492 e. The molecule has 0 amide bonds. The molecule has 0 saturated carbocycles. The summed E-state index contributed by atoms with van der Waals surface area (Å²) in [7, 11) is 0. The van der Waals surface area contributed by atoms with Crippen molar-refractivity contribution in [3.05, 3.63) is 34.9 Å². The first kappa shape index (κ1) is 17.1. The lowest BCUT2D eigenvalue weighted by Crippen LogP contribution is -2.10. The van der Waals surface area contributed by atoms with E-state index in [0.29, 0.717) is 22.9 Å². The van der Waals surface area contributed by atoms with Crippen molar-refractivity contribution in [1.82, 2.24) is 0 Å². The Balaban J connectivity index is 2.54. The fourth-order valence-corrected chi connectivity index (χ4v) is 1.90. The highest BCUT2D eigenvalue weighted by Crippen LogP contribution is 2.27. The second-order valence-electron chi connectivity index (χ2n) is 5.31. The third-order valence-corrected chi connectivity index (χ3v) is 3.18. The summed E-state index contributed by atoms with van der Waals surface area (Å²) in [6.45, 7) is 4.27. The molecule has 0 fully saturated rings. The first-order valence-electron chi connectivity index (χ1n) is 6.59. The molecule has 4 nitrogen and oxygen atoms in total. The second kappa shape index (κ2) is 7.70. The third kappa shape index (κ3) is 6.33. The van der Waals surface area contributed by atoms with Gasteiger partial charge in [0.1, 0.15) is 5.75 Å². The van der Waals surface area contributed by atoms with E-state index in [-0.39, 0.29) is 5.41 Å². The summed E-state index contributed by atoms with van der Waals surface area (Å²) in [4.78, 5) is 10.4.